The molecule has 0 amide bonds. The van der Waals surface area contributed by atoms with Crippen LogP contribution in [0, 0.1) is 17.0 Å². The third-order valence-corrected chi connectivity index (χ3v) is 3.33. The standard InChI is InChI=1S/C12H12N2O2S/c1-9-4-2-6-11(12(9)14(15)16)13-8-10-5-3-7-17-10/h2-7,13H,8H2,1H3. The molecule has 1 aromatic carbocycles. The first-order valence-electron chi connectivity index (χ1n) is 5.19. The van der Waals surface area contributed by atoms with Gasteiger partial charge in [0.15, 0.2) is 0 Å². The Kier molecular flexibility index (Phi) is 3.39. The van der Waals surface area contributed by atoms with Gasteiger partial charge in [-0.25, -0.2) is 0 Å². The molecule has 0 saturated carbocycles. The van der Waals surface area contributed by atoms with Gasteiger partial charge in [0.1, 0.15) is 5.69 Å². The number of benzene rings is 1. The van der Waals surface area contributed by atoms with Crippen LogP contribution in [0.15, 0.2) is 35.7 Å². The first-order valence-corrected chi connectivity index (χ1v) is 6.06. The van der Waals surface area contributed by atoms with Crippen LogP contribution in [0.2, 0.25) is 0 Å². The van der Waals surface area contributed by atoms with E-state index in [4.69, 9.17) is 0 Å². The number of nitrogens with one attached hydrogen (secondary N) is 1. The van der Waals surface area contributed by atoms with Gasteiger partial charge in [-0.3, -0.25) is 10.1 Å². The van der Waals surface area contributed by atoms with Crippen molar-refractivity contribution in [1.29, 1.82) is 0 Å². The van der Waals surface area contributed by atoms with Crippen LogP contribution >= 0.6 is 11.3 Å². The van der Waals surface area contributed by atoms with Crippen molar-refractivity contribution in [2.45, 2.75) is 13.5 Å². The number of nitro groups is 1. The summed E-state index contributed by atoms with van der Waals surface area (Å²) in [6.45, 7) is 2.36. The fraction of sp³-hybridized carbons (Fsp3) is 0.167. The maximum atomic E-state index is 11.0. The SMILES string of the molecule is Cc1cccc(NCc2cccs2)c1[N+](=O)[O-]. The smallest absolute Gasteiger partial charge is 0.295 e. The van der Waals surface area contributed by atoms with E-state index in [0.29, 0.717) is 17.8 Å². The van der Waals surface area contributed by atoms with E-state index in [1.807, 2.05) is 23.6 Å². The molecule has 0 spiro atoms. The molecule has 0 aliphatic heterocycles. The average molecular weight is 248 g/mol. The Morgan fingerprint density at radius 3 is 2.82 bits per heavy atom. The van der Waals surface area contributed by atoms with E-state index < -0.39 is 0 Å². The Hall–Kier alpha value is -1.88. The van der Waals surface area contributed by atoms with Crippen LogP contribution in [-0.4, -0.2) is 4.92 Å². The van der Waals surface area contributed by atoms with Crippen molar-refractivity contribution in [3.8, 4) is 0 Å². The van der Waals surface area contributed by atoms with Crippen LogP contribution < -0.4 is 5.32 Å². The van der Waals surface area contributed by atoms with E-state index in [9.17, 15) is 10.1 Å². The molecular weight excluding hydrogens is 236 g/mol. The van der Waals surface area contributed by atoms with Crippen molar-refractivity contribution in [3.05, 3.63) is 56.3 Å². The van der Waals surface area contributed by atoms with Crippen LogP contribution in [-0.2, 0) is 6.54 Å². The van der Waals surface area contributed by atoms with Gasteiger partial charge in [0.25, 0.3) is 5.69 Å². The van der Waals surface area contributed by atoms with Crippen LogP contribution in [0.5, 0.6) is 0 Å². The summed E-state index contributed by atoms with van der Waals surface area (Å²) in [4.78, 5) is 11.8. The zero-order valence-corrected chi connectivity index (χ0v) is 10.2. The highest BCUT2D eigenvalue weighted by Gasteiger charge is 2.16. The number of nitro benzene ring substituents is 1. The predicted molar refractivity (Wildman–Crippen MR) is 69.5 cm³/mol. The summed E-state index contributed by atoms with van der Waals surface area (Å²) >= 11 is 1.63. The second-order valence-electron chi connectivity index (χ2n) is 3.66. The normalized spacial score (nSPS) is 10.2. The monoisotopic (exact) mass is 248 g/mol. The Balaban J connectivity index is 2.21. The molecular formula is C12H12N2O2S. The molecule has 2 aromatic rings. The number of aryl methyl sites for hydroxylation is 1. The lowest BCUT2D eigenvalue weighted by atomic mass is 10.1. The number of hydrogen-bond acceptors (Lipinski definition) is 4. The Morgan fingerprint density at radius 2 is 2.18 bits per heavy atom. The fourth-order valence-corrected chi connectivity index (χ4v) is 2.28. The van der Waals surface area contributed by atoms with Gasteiger partial charge in [0.05, 0.1) is 4.92 Å². The average Bonchev–Trinajstić information content (AvgIpc) is 2.78. The van der Waals surface area contributed by atoms with Gasteiger partial charge in [0.2, 0.25) is 0 Å². The highest BCUT2D eigenvalue weighted by atomic mass is 32.1. The Labute approximate surface area is 103 Å². The van der Waals surface area contributed by atoms with Crippen LogP contribution in [0.3, 0.4) is 0 Å². The van der Waals surface area contributed by atoms with Crippen molar-refractivity contribution >= 4 is 22.7 Å². The number of thiophene rings is 1. The summed E-state index contributed by atoms with van der Waals surface area (Å²) in [5, 5.41) is 16.1. The molecule has 0 aliphatic rings. The molecule has 1 heterocycles. The molecule has 17 heavy (non-hydrogen) atoms. The van der Waals surface area contributed by atoms with Crippen molar-refractivity contribution in [1.82, 2.24) is 0 Å². The maximum Gasteiger partial charge on any atom is 0.295 e. The van der Waals surface area contributed by atoms with Crippen LogP contribution in [0.25, 0.3) is 0 Å². The van der Waals surface area contributed by atoms with E-state index in [-0.39, 0.29) is 10.6 Å². The fourth-order valence-electron chi connectivity index (χ4n) is 1.64. The number of para-hydroxylation sites is 1. The minimum absolute atomic E-state index is 0.157. The molecule has 4 nitrogen and oxygen atoms in total. The number of nitrogens with zero attached hydrogens (tertiary/aromatic N) is 1. The largest absolute Gasteiger partial charge is 0.375 e. The number of rotatable bonds is 4. The lowest BCUT2D eigenvalue weighted by Crippen LogP contribution is -2.02. The molecule has 1 N–H and O–H groups in total. The second-order valence-corrected chi connectivity index (χ2v) is 4.69. The highest BCUT2D eigenvalue weighted by molar-refractivity contribution is 7.09. The van der Waals surface area contributed by atoms with E-state index in [2.05, 4.69) is 5.32 Å². The van der Waals surface area contributed by atoms with E-state index in [0.717, 1.165) is 4.88 Å². The van der Waals surface area contributed by atoms with E-state index in [1.54, 1.807) is 30.4 Å². The number of anilines is 1. The van der Waals surface area contributed by atoms with Gasteiger partial charge in [-0.15, -0.1) is 11.3 Å². The van der Waals surface area contributed by atoms with Crippen molar-refractivity contribution in [2.75, 3.05) is 5.32 Å². The lowest BCUT2D eigenvalue weighted by Gasteiger charge is -2.07. The molecule has 0 unspecified atom stereocenters. The first-order chi connectivity index (χ1) is 8.18. The van der Waals surface area contributed by atoms with Gasteiger partial charge >= 0.3 is 0 Å². The highest BCUT2D eigenvalue weighted by Crippen LogP contribution is 2.28. The molecule has 0 atom stereocenters. The summed E-state index contributed by atoms with van der Waals surface area (Å²) in [6.07, 6.45) is 0. The third-order valence-electron chi connectivity index (χ3n) is 2.45. The van der Waals surface area contributed by atoms with Crippen molar-refractivity contribution in [2.24, 2.45) is 0 Å². The molecule has 0 saturated heterocycles. The molecule has 2 rings (SSSR count). The number of hydrogen-bond donors (Lipinski definition) is 1. The minimum Gasteiger partial charge on any atom is -0.375 e. The van der Waals surface area contributed by atoms with Crippen LogP contribution in [0.1, 0.15) is 10.4 Å². The predicted octanol–water partition coefficient (Wildman–Crippen LogP) is 3.58. The molecule has 88 valence electrons. The zero-order valence-electron chi connectivity index (χ0n) is 9.34. The molecule has 1 aromatic heterocycles. The first kappa shape index (κ1) is 11.6. The third kappa shape index (κ3) is 2.62. The summed E-state index contributed by atoms with van der Waals surface area (Å²) < 4.78 is 0. The zero-order chi connectivity index (χ0) is 12.3. The second kappa shape index (κ2) is 4.97. The van der Waals surface area contributed by atoms with E-state index >= 15 is 0 Å². The van der Waals surface area contributed by atoms with Crippen LogP contribution in [0.4, 0.5) is 11.4 Å². The van der Waals surface area contributed by atoms with Crippen molar-refractivity contribution < 1.29 is 4.92 Å². The Morgan fingerprint density at radius 1 is 1.35 bits per heavy atom. The molecule has 0 aliphatic carbocycles. The minimum atomic E-state index is -0.341. The molecule has 0 radical (unpaired) electrons. The van der Waals surface area contributed by atoms with Gasteiger partial charge in [-0.1, -0.05) is 18.2 Å². The molecule has 0 fully saturated rings. The van der Waals surface area contributed by atoms with Gasteiger partial charge < -0.3 is 5.32 Å². The molecule has 5 heteroatoms. The summed E-state index contributed by atoms with van der Waals surface area (Å²) in [5.74, 6) is 0. The Bertz CT molecular complexity index is 523. The maximum absolute atomic E-state index is 11.0. The lowest BCUT2D eigenvalue weighted by molar-refractivity contribution is -0.384. The van der Waals surface area contributed by atoms with Gasteiger partial charge in [0, 0.05) is 17.0 Å². The quantitative estimate of drug-likeness (QED) is 0.664. The van der Waals surface area contributed by atoms with Gasteiger partial charge in [-0.2, -0.15) is 0 Å². The summed E-state index contributed by atoms with van der Waals surface area (Å²) in [5.41, 5.74) is 1.40. The topological polar surface area (TPSA) is 55.2 Å². The van der Waals surface area contributed by atoms with E-state index in [1.165, 1.54) is 0 Å². The summed E-state index contributed by atoms with van der Waals surface area (Å²) in [7, 11) is 0. The van der Waals surface area contributed by atoms with Gasteiger partial charge in [-0.05, 0) is 24.4 Å². The van der Waals surface area contributed by atoms with Crippen molar-refractivity contribution in [3.63, 3.8) is 0 Å². The summed E-state index contributed by atoms with van der Waals surface area (Å²) in [6, 6.07) is 9.26. The molecule has 0 bridgehead atoms.